The molecular formula is C12H20N4O. The van der Waals surface area contributed by atoms with Crippen molar-refractivity contribution >= 4 is 5.82 Å². The highest BCUT2D eigenvalue weighted by atomic mass is 16.1. The topological polar surface area (TPSA) is 64.2 Å². The van der Waals surface area contributed by atoms with E-state index in [1.54, 1.807) is 24.0 Å². The maximum atomic E-state index is 12.1. The summed E-state index contributed by atoms with van der Waals surface area (Å²) in [4.78, 5) is 18.4. The van der Waals surface area contributed by atoms with E-state index in [0.29, 0.717) is 18.4 Å². The Labute approximate surface area is 101 Å². The van der Waals surface area contributed by atoms with Gasteiger partial charge in [-0.3, -0.25) is 4.79 Å². The van der Waals surface area contributed by atoms with Gasteiger partial charge in [-0.2, -0.15) is 0 Å². The van der Waals surface area contributed by atoms with Crippen LogP contribution in [0.3, 0.4) is 0 Å². The molecule has 1 fully saturated rings. The van der Waals surface area contributed by atoms with Gasteiger partial charge >= 0.3 is 0 Å². The van der Waals surface area contributed by atoms with Crippen molar-refractivity contribution in [3.8, 4) is 0 Å². The van der Waals surface area contributed by atoms with Gasteiger partial charge in [-0.1, -0.05) is 0 Å². The molecule has 0 radical (unpaired) electrons. The van der Waals surface area contributed by atoms with E-state index in [-0.39, 0.29) is 11.6 Å². The van der Waals surface area contributed by atoms with E-state index in [1.807, 2.05) is 0 Å². The average molecular weight is 236 g/mol. The van der Waals surface area contributed by atoms with Gasteiger partial charge < -0.3 is 15.2 Å². The maximum absolute atomic E-state index is 12.1. The zero-order valence-corrected chi connectivity index (χ0v) is 10.5. The minimum Gasteiger partial charge on any atom is -0.345 e. The Hall–Kier alpha value is -1.36. The summed E-state index contributed by atoms with van der Waals surface area (Å²) in [5.74, 6) is 0.539. The molecule has 0 amide bonds. The van der Waals surface area contributed by atoms with Gasteiger partial charge in [0, 0.05) is 38.1 Å². The van der Waals surface area contributed by atoms with Crippen LogP contribution in [0, 0.1) is 0 Å². The standard InChI is InChI=1S/C12H20N4O/c1-9-4-3-5-10(8-13)16(9)11-12(17)15(2)7-6-14-11/h6-7,9-10H,3-5,8,13H2,1-2H3. The number of hydrogen-bond donors (Lipinski definition) is 1. The van der Waals surface area contributed by atoms with E-state index in [9.17, 15) is 4.79 Å². The fraction of sp³-hybridized carbons (Fsp3) is 0.667. The largest absolute Gasteiger partial charge is 0.345 e. The van der Waals surface area contributed by atoms with Crippen LogP contribution in [0.2, 0.25) is 0 Å². The van der Waals surface area contributed by atoms with Crippen LogP contribution in [0.15, 0.2) is 17.2 Å². The van der Waals surface area contributed by atoms with E-state index in [1.165, 1.54) is 6.42 Å². The van der Waals surface area contributed by atoms with Crippen molar-refractivity contribution in [2.75, 3.05) is 11.4 Å². The molecule has 2 atom stereocenters. The summed E-state index contributed by atoms with van der Waals surface area (Å²) in [5.41, 5.74) is 5.76. The SMILES string of the molecule is CC1CCCC(CN)N1c1nccn(C)c1=O. The Balaban J connectivity index is 2.41. The van der Waals surface area contributed by atoms with Crippen molar-refractivity contribution in [2.24, 2.45) is 12.8 Å². The Morgan fingerprint density at radius 2 is 2.29 bits per heavy atom. The molecule has 1 aromatic heterocycles. The molecular weight excluding hydrogens is 216 g/mol. The van der Waals surface area contributed by atoms with Crippen LogP contribution in [0.5, 0.6) is 0 Å². The Kier molecular flexibility index (Phi) is 3.47. The highest BCUT2D eigenvalue weighted by Gasteiger charge is 2.29. The molecule has 2 heterocycles. The van der Waals surface area contributed by atoms with E-state index in [0.717, 1.165) is 12.8 Å². The van der Waals surface area contributed by atoms with Crippen LogP contribution < -0.4 is 16.2 Å². The first-order chi connectivity index (χ1) is 8.15. The van der Waals surface area contributed by atoms with E-state index >= 15 is 0 Å². The molecule has 1 aromatic rings. The van der Waals surface area contributed by atoms with Gasteiger partial charge in [0.05, 0.1) is 0 Å². The summed E-state index contributed by atoms with van der Waals surface area (Å²) in [6.07, 6.45) is 6.66. The number of anilines is 1. The van der Waals surface area contributed by atoms with E-state index < -0.39 is 0 Å². The van der Waals surface area contributed by atoms with Crippen molar-refractivity contribution in [3.05, 3.63) is 22.7 Å². The molecule has 5 nitrogen and oxygen atoms in total. The number of piperidine rings is 1. The second-order valence-electron chi connectivity index (χ2n) is 4.74. The number of nitrogens with zero attached hydrogens (tertiary/aromatic N) is 3. The molecule has 0 spiro atoms. The Morgan fingerprint density at radius 1 is 1.53 bits per heavy atom. The molecule has 1 saturated heterocycles. The third-order valence-corrected chi connectivity index (χ3v) is 3.54. The summed E-state index contributed by atoms with van der Waals surface area (Å²) in [5, 5.41) is 0. The zero-order valence-electron chi connectivity index (χ0n) is 10.5. The van der Waals surface area contributed by atoms with Crippen LogP contribution >= 0.6 is 0 Å². The first-order valence-corrected chi connectivity index (χ1v) is 6.15. The quantitative estimate of drug-likeness (QED) is 0.811. The van der Waals surface area contributed by atoms with Crippen LogP contribution in [-0.2, 0) is 7.05 Å². The molecule has 1 aliphatic heterocycles. The molecule has 0 aromatic carbocycles. The van der Waals surface area contributed by atoms with Crippen molar-refractivity contribution in [1.29, 1.82) is 0 Å². The molecule has 0 bridgehead atoms. The van der Waals surface area contributed by atoms with Gasteiger partial charge in [0.1, 0.15) is 0 Å². The molecule has 5 heteroatoms. The third kappa shape index (κ3) is 2.20. The monoisotopic (exact) mass is 236 g/mol. The number of aryl methyl sites for hydroxylation is 1. The molecule has 2 rings (SSSR count). The van der Waals surface area contributed by atoms with Gasteiger partial charge in [-0.25, -0.2) is 4.98 Å². The number of hydrogen-bond acceptors (Lipinski definition) is 4. The summed E-state index contributed by atoms with van der Waals surface area (Å²) in [6.45, 7) is 2.71. The zero-order chi connectivity index (χ0) is 12.4. The normalized spacial score (nSPS) is 25.0. The highest BCUT2D eigenvalue weighted by Crippen LogP contribution is 2.25. The second-order valence-corrected chi connectivity index (χ2v) is 4.74. The lowest BCUT2D eigenvalue weighted by Crippen LogP contribution is -2.51. The summed E-state index contributed by atoms with van der Waals surface area (Å²) >= 11 is 0. The lowest BCUT2D eigenvalue weighted by molar-refractivity contribution is 0.395. The molecule has 0 saturated carbocycles. The molecule has 17 heavy (non-hydrogen) atoms. The summed E-state index contributed by atoms with van der Waals surface area (Å²) < 4.78 is 1.57. The summed E-state index contributed by atoms with van der Waals surface area (Å²) in [6, 6.07) is 0.571. The van der Waals surface area contributed by atoms with Crippen molar-refractivity contribution in [1.82, 2.24) is 9.55 Å². The van der Waals surface area contributed by atoms with Crippen molar-refractivity contribution < 1.29 is 0 Å². The molecule has 2 unspecified atom stereocenters. The van der Waals surface area contributed by atoms with Gasteiger partial charge in [-0.15, -0.1) is 0 Å². The minimum atomic E-state index is -0.0419. The number of aromatic nitrogens is 2. The lowest BCUT2D eigenvalue weighted by atomic mass is 9.96. The van der Waals surface area contributed by atoms with Crippen LogP contribution in [0.4, 0.5) is 5.82 Å². The first kappa shape index (κ1) is 12.1. The van der Waals surface area contributed by atoms with Crippen LogP contribution in [0.25, 0.3) is 0 Å². The first-order valence-electron chi connectivity index (χ1n) is 6.15. The van der Waals surface area contributed by atoms with Gasteiger partial charge in [0.25, 0.3) is 5.56 Å². The van der Waals surface area contributed by atoms with Gasteiger partial charge in [0.15, 0.2) is 5.82 Å². The third-order valence-electron chi connectivity index (χ3n) is 3.54. The lowest BCUT2D eigenvalue weighted by Gasteiger charge is -2.40. The average Bonchev–Trinajstić information content (AvgIpc) is 2.33. The fourth-order valence-corrected chi connectivity index (χ4v) is 2.56. The highest BCUT2D eigenvalue weighted by molar-refractivity contribution is 5.39. The number of rotatable bonds is 2. The smallest absolute Gasteiger partial charge is 0.293 e. The summed E-state index contributed by atoms with van der Waals surface area (Å²) in [7, 11) is 1.75. The molecule has 1 aliphatic rings. The maximum Gasteiger partial charge on any atom is 0.293 e. The van der Waals surface area contributed by atoms with Crippen LogP contribution in [-0.4, -0.2) is 28.2 Å². The Bertz CT molecular complexity index is 442. The van der Waals surface area contributed by atoms with Crippen molar-refractivity contribution in [3.63, 3.8) is 0 Å². The number of nitrogens with two attached hydrogens (primary N) is 1. The van der Waals surface area contributed by atoms with E-state index in [4.69, 9.17) is 5.73 Å². The molecule has 0 aliphatic carbocycles. The van der Waals surface area contributed by atoms with Crippen molar-refractivity contribution in [2.45, 2.75) is 38.3 Å². The second kappa shape index (κ2) is 4.87. The fourth-order valence-electron chi connectivity index (χ4n) is 2.56. The van der Waals surface area contributed by atoms with Gasteiger partial charge in [-0.05, 0) is 26.2 Å². The van der Waals surface area contributed by atoms with Gasteiger partial charge in [0.2, 0.25) is 0 Å². The van der Waals surface area contributed by atoms with E-state index in [2.05, 4.69) is 16.8 Å². The Morgan fingerprint density at radius 3 is 3.00 bits per heavy atom. The minimum absolute atomic E-state index is 0.0419. The molecule has 94 valence electrons. The predicted molar refractivity (Wildman–Crippen MR) is 68.1 cm³/mol. The predicted octanol–water partition coefficient (Wildman–Crippen LogP) is 0.486. The molecule has 2 N–H and O–H groups in total. The van der Waals surface area contributed by atoms with Crippen LogP contribution in [0.1, 0.15) is 26.2 Å².